The van der Waals surface area contributed by atoms with Gasteiger partial charge in [0.15, 0.2) is 0 Å². The molecule has 1 saturated carbocycles. The van der Waals surface area contributed by atoms with Crippen LogP contribution in [0.25, 0.3) is 0 Å². The van der Waals surface area contributed by atoms with Gasteiger partial charge in [-0.15, -0.1) is 0 Å². The van der Waals surface area contributed by atoms with Gasteiger partial charge in [-0.1, -0.05) is 19.1 Å². The van der Waals surface area contributed by atoms with Crippen LogP contribution >= 0.6 is 0 Å². The predicted octanol–water partition coefficient (Wildman–Crippen LogP) is 2.78. The lowest BCUT2D eigenvalue weighted by Gasteiger charge is -2.41. The van der Waals surface area contributed by atoms with Crippen molar-refractivity contribution in [1.82, 2.24) is 10.2 Å². The Bertz CT molecular complexity index is 481. The molecule has 1 aliphatic heterocycles. The SMILES string of the molecule is CCN1CCN(c2ccc(CNC3CC3)cc2C)CC1C. The van der Waals surface area contributed by atoms with Crippen LogP contribution in [0.3, 0.4) is 0 Å². The molecular weight excluding hydrogens is 258 g/mol. The van der Waals surface area contributed by atoms with Crippen molar-refractivity contribution in [3.8, 4) is 0 Å². The summed E-state index contributed by atoms with van der Waals surface area (Å²) in [5.74, 6) is 0. The van der Waals surface area contributed by atoms with Gasteiger partial charge in [-0.3, -0.25) is 4.90 Å². The van der Waals surface area contributed by atoms with Gasteiger partial charge in [0.2, 0.25) is 0 Å². The van der Waals surface area contributed by atoms with E-state index in [-0.39, 0.29) is 0 Å². The third kappa shape index (κ3) is 3.58. The fourth-order valence-electron chi connectivity index (χ4n) is 3.42. The lowest BCUT2D eigenvalue weighted by Crippen LogP contribution is -2.51. The van der Waals surface area contributed by atoms with Crippen LogP contribution in [0.15, 0.2) is 18.2 Å². The number of benzene rings is 1. The minimum absolute atomic E-state index is 0.652. The summed E-state index contributed by atoms with van der Waals surface area (Å²) in [6.07, 6.45) is 2.72. The third-order valence-electron chi connectivity index (χ3n) is 4.95. The van der Waals surface area contributed by atoms with Crippen molar-refractivity contribution in [3.05, 3.63) is 29.3 Å². The molecule has 3 rings (SSSR count). The van der Waals surface area contributed by atoms with E-state index in [1.54, 1.807) is 0 Å². The van der Waals surface area contributed by atoms with Gasteiger partial charge < -0.3 is 10.2 Å². The molecule has 2 aliphatic rings. The van der Waals surface area contributed by atoms with Crippen LogP contribution in [0.5, 0.6) is 0 Å². The molecule has 2 fully saturated rings. The molecule has 1 saturated heterocycles. The number of aryl methyl sites for hydroxylation is 1. The summed E-state index contributed by atoms with van der Waals surface area (Å²) in [4.78, 5) is 5.13. The molecule has 0 spiro atoms. The molecule has 21 heavy (non-hydrogen) atoms. The summed E-state index contributed by atoms with van der Waals surface area (Å²) < 4.78 is 0. The van der Waals surface area contributed by atoms with Crippen molar-refractivity contribution >= 4 is 5.69 Å². The summed E-state index contributed by atoms with van der Waals surface area (Å²) in [7, 11) is 0. The van der Waals surface area contributed by atoms with Gasteiger partial charge >= 0.3 is 0 Å². The number of hydrogen-bond donors (Lipinski definition) is 1. The predicted molar refractivity (Wildman–Crippen MR) is 90.0 cm³/mol. The van der Waals surface area contributed by atoms with E-state index in [4.69, 9.17) is 0 Å². The van der Waals surface area contributed by atoms with Gasteiger partial charge in [-0.2, -0.15) is 0 Å². The van der Waals surface area contributed by atoms with E-state index in [1.807, 2.05) is 0 Å². The van der Waals surface area contributed by atoms with Crippen LogP contribution in [0.2, 0.25) is 0 Å². The van der Waals surface area contributed by atoms with Crippen molar-refractivity contribution in [1.29, 1.82) is 0 Å². The van der Waals surface area contributed by atoms with E-state index < -0.39 is 0 Å². The fourth-order valence-corrected chi connectivity index (χ4v) is 3.42. The first-order valence-corrected chi connectivity index (χ1v) is 8.49. The maximum absolute atomic E-state index is 3.60. The lowest BCUT2D eigenvalue weighted by molar-refractivity contribution is 0.199. The Balaban J connectivity index is 1.64. The number of hydrogen-bond acceptors (Lipinski definition) is 3. The molecule has 1 atom stereocenters. The molecule has 0 aromatic heterocycles. The Morgan fingerprint density at radius 1 is 1.24 bits per heavy atom. The van der Waals surface area contributed by atoms with E-state index in [0.29, 0.717) is 6.04 Å². The van der Waals surface area contributed by atoms with Gasteiger partial charge in [0.05, 0.1) is 0 Å². The van der Waals surface area contributed by atoms with Crippen LogP contribution in [0, 0.1) is 6.92 Å². The first-order valence-electron chi connectivity index (χ1n) is 8.49. The maximum atomic E-state index is 3.60. The highest BCUT2D eigenvalue weighted by atomic mass is 15.3. The molecular formula is C18H29N3. The lowest BCUT2D eigenvalue weighted by atomic mass is 10.1. The standard InChI is InChI=1S/C18H29N3/c1-4-20-9-10-21(13-15(20)3)18-8-5-16(11-14(18)2)12-19-17-6-7-17/h5,8,11,15,17,19H,4,6-7,9-10,12-13H2,1-3H3. The van der Waals surface area contributed by atoms with Gasteiger partial charge in [0.25, 0.3) is 0 Å². The summed E-state index contributed by atoms with van der Waals surface area (Å²) in [6.45, 7) is 12.5. The Hall–Kier alpha value is -1.06. The highest BCUT2D eigenvalue weighted by Crippen LogP contribution is 2.25. The molecule has 1 aromatic rings. The Morgan fingerprint density at radius 2 is 2.05 bits per heavy atom. The largest absolute Gasteiger partial charge is 0.368 e. The van der Waals surface area contributed by atoms with Crippen molar-refractivity contribution < 1.29 is 0 Å². The fraction of sp³-hybridized carbons (Fsp3) is 0.667. The summed E-state index contributed by atoms with van der Waals surface area (Å²) in [6, 6.07) is 8.43. The number of likely N-dealkylation sites (N-methyl/N-ethyl adjacent to an activating group) is 1. The molecule has 0 bridgehead atoms. The normalized spacial score (nSPS) is 23.6. The van der Waals surface area contributed by atoms with Crippen molar-refractivity contribution in [3.63, 3.8) is 0 Å². The van der Waals surface area contributed by atoms with E-state index in [1.165, 1.54) is 42.7 Å². The zero-order valence-electron chi connectivity index (χ0n) is 13.7. The molecule has 1 aliphatic carbocycles. The van der Waals surface area contributed by atoms with Crippen LogP contribution in [-0.4, -0.2) is 43.2 Å². The number of piperazine rings is 1. The molecule has 3 heteroatoms. The summed E-state index contributed by atoms with van der Waals surface area (Å²) in [5.41, 5.74) is 4.26. The second kappa shape index (κ2) is 6.37. The number of nitrogens with one attached hydrogen (secondary N) is 1. The summed E-state index contributed by atoms with van der Waals surface area (Å²) >= 11 is 0. The number of anilines is 1. The molecule has 116 valence electrons. The van der Waals surface area contributed by atoms with Gasteiger partial charge in [-0.05, 0) is 50.4 Å². The molecule has 0 amide bonds. The second-order valence-corrected chi connectivity index (χ2v) is 6.70. The Labute approximate surface area is 129 Å². The Morgan fingerprint density at radius 3 is 2.67 bits per heavy atom. The average molecular weight is 287 g/mol. The van der Waals surface area contributed by atoms with Crippen LogP contribution in [-0.2, 0) is 6.54 Å². The van der Waals surface area contributed by atoms with Crippen LogP contribution in [0.4, 0.5) is 5.69 Å². The highest BCUT2D eigenvalue weighted by molar-refractivity contribution is 5.55. The molecule has 3 nitrogen and oxygen atoms in total. The van der Waals surface area contributed by atoms with E-state index in [0.717, 1.165) is 25.7 Å². The smallest absolute Gasteiger partial charge is 0.0397 e. The van der Waals surface area contributed by atoms with E-state index in [2.05, 4.69) is 54.1 Å². The van der Waals surface area contributed by atoms with Crippen molar-refractivity contribution in [2.24, 2.45) is 0 Å². The quantitative estimate of drug-likeness (QED) is 0.898. The third-order valence-corrected chi connectivity index (χ3v) is 4.95. The minimum Gasteiger partial charge on any atom is -0.368 e. The second-order valence-electron chi connectivity index (χ2n) is 6.70. The van der Waals surface area contributed by atoms with Crippen molar-refractivity contribution in [2.75, 3.05) is 31.1 Å². The van der Waals surface area contributed by atoms with Crippen LogP contribution in [0.1, 0.15) is 37.8 Å². The van der Waals surface area contributed by atoms with Gasteiger partial charge in [0, 0.05) is 44.0 Å². The highest BCUT2D eigenvalue weighted by Gasteiger charge is 2.23. The number of rotatable bonds is 5. The molecule has 1 heterocycles. The van der Waals surface area contributed by atoms with E-state index >= 15 is 0 Å². The Kier molecular flexibility index (Phi) is 4.51. The van der Waals surface area contributed by atoms with Crippen LogP contribution < -0.4 is 10.2 Å². The molecule has 0 radical (unpaired) electrons. The first kappa shape index (κ1) is 14.9. The molecule has 1 N–H and O–H groups in total. The zero-order valence-corrected chi connectivity index (χ0v) is 13.7. The number of nitrogens with zero attached hydrogens (tertiary/aromatic N) is 2. The monoisotopic (exact) mass is 287 g/mol. The zero-order chi connectivity index (χ0) is 14.8. The summed E-state index contributed by atoms with van der Waals surface area (Å²) in [5, 5.41) is 3.60. The van der Waals surface area contributed by atoms with Gasteiger partial charge in [0.1, 0.15) is 0 Å². The van der Waals surface area contributed by atoms with Crippen molar-refractivity contribution in [2.45, 2.75) is 52.2 Å². The molecule has 1 aromatic carbocycles. The molecule has 1 unspecified atom stereocenters. The average Bonchev–Trinajstić information content (AvgIpc) is 3.29. The topological polar surface area (TPSA) is 18.5 Å². The van der Waals surface area contributed by atoms with E-state index in [9.17, 15) is 0 Å². The van der Waals surface area contributed by atoms with Gasteiger partial charge in [-0.25, -0.2) is 0 Å². The first-order chi connectivity index (χ1) is 10.2. The maximum Gasteiger partial charge on any atom is 0.0397 e. The minimum atomic E-state index is 0.652.